The summed E-state index contributed by atoms with van der Waals surface area (Å²) in [6.07, 6.45) is 0. The van der Waals surface area contributed by atoms with Crippen LogP contribution in [0.1, 0.15) is 15.1 Å². The lowest BCUT2D eigenvalue weighted by molar-refractivity contribution is 1.06. The maximum Gasteiger partial charge on any atom is 0.166 e. The summed E-state index contributed by atoms with van der Waals surface area (Å²) < 4.78 is 100. The van der Waals surface area contributed by atoms with Crippen LogP contribution in [0.3, 0.4) is 0 Å². The minimum absolute atomic E-state index is 0.0248. The van der Waals surface area contributed by atoms with Crippen LogP contribution in [0.5, 0.6) is 0 Å². The van der Waals surface area contributed by atoms with Crippen LogP contribution in [0.25, 0.3) is 93.0 Å². The topological polar surface area (TPSA) is 43.6 Å². The first-order valence-corrected chi connectivity index (χ1v) is 16.6. The van der Waals surface area contributed by atoms with Crippen LogP contribution in [0, 0.1) is 0 Å². The lowest BCUT2D eigenvalue weighted by Crippen LogP contribution is -2.04. The summed E-state index contributed by atoms with van der Waals surface area (Å²) in [6.45, 7) is 0. The van der Waals surface area contributed by atoms with Crippen molar-refractivity contribution in [3.05, 3.63) is 170 Å². The van der Waals surface area contributed by atoms with Crippen molar-refractivity contribution in [1.29, 1.82) is 0 Å². The molecule has 5 heteroatoms. The molecule has 0 atom stereocenters. The highest BCUT2D eigenvalue weighted by atomic mass is 32.1. The number of aromatic nitrogens is 4. The van der Waals surface area contributed by atoms with Crippen LogP contribution in [-0.4, -0.2) is 19.5 Å². The second kappa shape index (κ2) is 11.6. The summed E-state index contributed by atoms with van der Waals surface area (Å²) in [5.74, 6) is -0.0199. The number of para-hydroxylation sites is 2. The summed E-state index contributed by atoms with van der Waals surface area (Å²) in [4.78, 5) is 14.4. The van der Waals surface area contributed by atoms with E-state index in [9.17, 15) is 2.74 Å². The number of thiophene rings is 1. The van der Waals surface area contributed by atoms with Crippen LogP contribution >= 0.6 is 11.3 Å². The summed E-state index contributed by atoms with van der Waals surface area (Å²) in [5.41, 5.74) is 2.84. The molecule has 0 fully saturated rings. The van der Waals surface area contributed by atoms with Gasteiger partial charge in [-0.3, -0.25) is 0 Å². The Morgan fingerprint density at radius 3 is 1.92 bits per heavy atom. The van der Waals surface area contributed by atoms with Gasteiger partial charge < -0.3 is 4.57 Å². The van der Waals surface area contributed by atoms with Gasteiger partial charge in [-0.05, 0) is 41.4 Å². The normalized spacial score (nSPS) is 14.7. The molecular formula is C45H28N4S. The van der Waals surface area contributed by atoms with Crippen molar-refractivity contribution in [2.24, 2.45) is 0 Å². The molecule has 7 aromatic carbocycles. The molecule has 0 spiro atoms. The molecule has 0 saturated carbocycles. The summed E-state index contributed by atoms with van der Waals surface area (Å²) in [6, 6.07) is 27.1. The van der Waals surface area contributed by atoms with Crippen molar-refractivity contribution >= 4 is 53.3 Å². The van der Waals surface area contributed by atoms with Gasteiger partial charge in [0.15, 0.2) is 17.5 Å². The van der Waals surface area contributed by atoms with Gasteiger partial charge in [0.25, 0.3) is 0 Å². The molecule has 50 heavy (non-hydrogen) atoms. The summed E-state index contributed by atoms with van der Waals surface area (Å²) in [5, 5.41) is 2.30. The van der Waals surface area contributed by atoms with Crippen molar-refractivity contribution in [3.63, 3.8) is 0 Å². The average Bonchev–Trinajstić information content (AvgIpc) is 3.84. The molecule has 0 saturated heterocycles. The predicted octanol–water partition coefficient (Wildman–Crippen LogP) is 12.0. The van der Waals surface area contributed by atoms with E-state index < -0.39 is 30.2 Å². The third kappa shape index (κ3) is 4.63. The molecule has 0 amide bonds. The number of benzene rings is 7. The highest BCUT2D eigenvalue weighted by Crippen LogP contribution is 2.42. The standard InChI is InChI=1S/C45H28N4S/c1-3-14-29(15-4-1)43-46-44(30-16-5-2-6-17-30)48-45(47-43)37-27-26-31(32-21-13-22-36-35-20-9-12-25-41(35)50-42(32)36)28-40(37)49-38-23-10-7-18-33(38)34-19-8-11-24-39(34)49/h1-28H/i1D,3D,4D,7D,8D,14D,15D,18D,19D,23D,24D. The Morgan fingerprint density at radius 1 is 0.460 bits per heavy atom. The van der Waals surface area contributed by atoms with Crippen molar-refractivity contribution in [3.8, 4) is 51.0 Å². The van der Waals surface area contributed by atoms with E-state index in [4.69, 9.17) is 22.3 Å². The van der Waals surface area contributed by atoms with E-state index in [1.807, 2.05) is 42.5 Å². The van der Waals surface area contributed by atoms with Crippen molar-refractivity contribution in [1.82, 2.24) is 19.5 Å². The van der Waals surface area contributed by atoms with E-state index in [1.165, 1.54) is 12.1 Å². The van der Waals surface area contributed by atoms with Gasteiger partial charge in [0.1, 0.15) is 0 Å². The van der Waals surface area contributed by atoms with Crippen molar-refractivity contribution < 1.29 is 15.1 Å². The molecule has 0 unspecified atom stereocenters. The average molecular weight is 668 g/mol. The van der Waals surface area contributed by atoms with E-state index >= 15 is 0 Å². The van der Waals surface area contributed by atoms with Gasteiger partial charge in [0, 0.05) is 47.6 Å². The third-order valence-corrected chi connectivity index (χ3v) is 9.93. The molecule has 0 radical (unpaired) electrons. The van der Waals surface area contributed by atoms with Gasteiger partial charge in [-0.15, -0.1) is 11.3 Å². The Hall–Kier alpha value is -6.43. The molecule has 10 rings (SSSR count). The molecule has 0 aliphatic rings. The van der Waals surface area contributed by atoms with Gasteiger partial charge in [0.05, 0.1) is 31.8 Å². The van der Waals surface area contributed by atoms with E-state index in [2.05, 4.69) is 23.2 Å². The number of hydrogen-bond donors (Lipinski definition) is 0. The molecule has 0 aliphatic carbocycles. The highest BCUT2D eigenvalue weighted by molar-refractivity contribution is 7.26. The maximum atomic E-state index is 9.25. The van der Waals surface area contributed by atoms with Gasteiger partial charge >= 0.3 is 0 Å². The zero-order chi connectivity index (χ0) is 42.6. The van der Waals surface area contributed by atoms with Crippen molar-refractivity contribution in [2.45, 2.75) is 0 Å². The fraction of sp³-hybridized carbons (Fsp3) is 0. The molecule has 0 N–H and O–H groups in total. The van der Waals surface area contributed by atoms with Crippen molar-refractivity contribution in [2.75, 3.05) is 0 Å². The lowest BCUT2D eigenvalue weighted by Gasteiger charge is -2.16. The number of hydrogen-bond acceptors (Lipinski definition) is 4. The molecule has 3 aromatic heterocycles. The van der Waals surface area contributed by atoms with Crippen LogP contribution in [0.4, 0.5) is 0 Å². The monoisotopic (exact) mass is 667 g/mol. The quantitative estimate of drug-likeness (QED) is 0.183. The molecule has 10 aromatic rings. The highest BCUT2D eigenvalue weighted by Gasteiger charge is 2.21. The lowest BCUT2D eigenvalue weighted by atomic mass is 9.99. The van der Waals surface area contributed by atoms with E-state index in [0.717, 1.165) is 31.3 Å². The van der Waals surface area contributed by atoms with E-state index in [1.54, 1.807) is 46.2 Å². The van der Waals surface area contributed by atoms with Crippen LogP contribution in [0.15, 0.2) is 170 Å². The number of nitrogens with zero attached hydrogens (tertiary/aromatic N) is 4. The van der Waals surface area contributed by atoms with E-state index in [-0.39, 0.29) is 81.1 Å². The minimum Gasteiger partial charge on any atom is -0.308 e. The van der Waals surface area contributed by atoms with Gasteiger partial charge in [-0.2, -0.15) is 0 Å². The van der Waals surface area contributed by atoms with Crippen LogP contribution < -0.4 is 0 Å². The second-order valence-electron chi connectivity index (χ2n) is 11.6. The molecule has 4 nitrogen and oxygen atoms in total. The Labute approximate surface area is 308 Å². The van der Waals surface area contributed by atoms with Gasteiger partial charge in [-0.25, -0.2) is 15.0 Å². The molecule has 234 valence electrons. The first-order valence-electron chi connectivity index (χ1n) is 21.3. The van der Waals surface area contributed by atoms with E-state index in [0.29, 0.717) is 16.8 Å². The third-order valence-electron chi connectivity index (χ3n) is 8.71. The largest absolute Gasteiger partial charge is 0.308 e. The van der Waals surface area contributed by atoms with Gasteiger partial charge in [-0.1, -0.05) is 139 Å². The molecule has 3 heterocycles. The number of rotatable bonds is 5. The predicted molar refractivity (Wildman–Crippen MR) is 209 cm³/mol. The molecule has 0 aliphatic heterocycles. The van der Waals surface area contributed by atoms with Gasteiger partial charge in [0.2, 0.25) is 0 Å². The SMILES string of the molecule is [2H]c1cc([2H])c2c(c1[2H])c1c([2H])c([2H])cc([2H])c1n2-c1cc(-c2cccc3c2sc2ccccc23)ccc1-c1nc(-c2ccccc2)nc(-c2c([2H])c([2H])c([2H])c([2H])c2[2H])n1. The Kier molecular flexibility index (Phi) is 4.54. The smallest absolute Gasteiger partial charge is 0.166 e. The Balaban J connectivity index is 1.37. The fourth-order valence-corrected chi connectivity index (χ4v) is 7.73. The first kappa shape index (κ1) is 19.5. The van der Waals surface area contributed by atoms with Crippen LogP contribution in [-0.2, 0) is 0 Å². The maximum absolute atomic E-state index is 9.25. The first-order chi connectivity index (χ1) is 29.3. The summed E-state index contributed by atoms with van der Waals surface area (Å²) in [7, 11) is 0. The zero-order valence-electron chi connectivity index (χ0n) is 37.0. The summed E-state index contributed by atoms with van der Waals surface area (Å²) >= 11 is 1.64. The van der Waals surface area contributed by atoms with Crippen LogP contribution in [0.2, 0.25) is 0 Å². The second-order valence-corrected chi connectivity index (χ2v) is 12.6. The molecular weight excluding hydrogens is 629 g/mol. The number of fused-ring (bicyclic) bond motifs is 6. The fourth-order valence-electron chi connectivity index (χ4n) is 6.49. The Morgan fingerprint density at radius 2 is 1.14 bits per heavy atom. The Bertz CT molecular complexity index is 3410. The minimum atomic E-state index is -0.569. The zero-order valence-corrected chi connectivity index (χ0v) is 26.8. The molecule has 0 bridgehead atoms.